The third-order valence-electron chi connectivity index (χ3n) is 2.47. The average Bonchev–Trinajstić information content (AvgIpc) is 2.40. The molecule has 1 N–H and O–H groups in total. The monoisotopic (exact) mass is 251 g/mol. The van der Waals surface area contributed by atoms with E-state index in [1.807, 2.05) is 25.3 Å². The lowest BCUT2D eigenvalue weighted by molar-refractivity contribution is 0.279. The second-order valence-electron chi connectivity index (χ2n) is 3.79. The molecule has 0 spiro atoms. The number of nitrogens with one attached hydrogen (secondary N) is 1. The minimum absolute atomic E-state index is 0.557. The first kappa shape index (κ1) is 14.4. The Balaban J connectivity index is 3.00. The van der Waals surface area contributed by atoms with E-state index in [0.29, 0.717) is 23.9 Å². The second-order valence-corrected chi connectivity index (χ2v) is 3.79. The molecular formula is C14H21NO3. The van der Waals surface area contributed by atoms with E-state index < -0.39 is 0 Å². The van der Waals surface area contributed by atoms with Crippen LogP contribution in [-0.4, -0.2) is 27.9 Å². The summed E-state index contributed by atoms with van der Waals surface area (Å²) in [4.78, 5) is 0. The molecule has 0 aliphatic heterocycles. The lowest BCUT2D eigenvalue weighted by Crippen LogP contribution is -2.07. The van der Waals surface area contributed by atoms with Gasteiger partial charge in [0, 0.05) is 6.54 Å². The summed E-state index contributed by atoms with van der Waals surface area (Å²) in [5.74, 6) is 2.01. The van der Waals surface area contributed by atoms with E-state index in [2.05, 4.69) is 11.9 Å². The first-order valence-electron chi connectivity index (χ1n) is 5.90. The minimum atomic E-state index is 0.557. The molecule has 1 aromatic carbocycles. The van der Waals surface area contributed by atoms with Gasteiger partial charge in [-0.25, -0.2) is 0 Å². The standard InChI is InChI=1S/C14H21NO3/c1-5-6-7-18-14-12(16-3)8-11(10-15-2)9-13(14)17-4/h5,8-9,15H,1,6-7,10H2,2-4H3. The topological polar surface area (TPSA) is 39.7 Å². The van der Waals surface area contributed by atoms with Gasteiger partial charge in [-0.3, -0.25) is 0 Å². The van der Waals surface area contributed by atoms with Gasteiger partial charge in [-0.05, 0) is 31.2 Å². The summed E-state index contributed by atoms with van der Waals surface area (Å²) in [6.07, 6.45) is 2.60. The zero-order valence-electron chi connectivity index (χ0n) is 11.3. The molecule has 4 nitrogen and oxygen atoms in total. The van der Waals surface area contributed by atoms with Crippen molar-refractivity contribution in [3.63, 3.8) is 0 Å². The molecule has 0 fully saturated rings. The van der Waals surface area contributed by atoms with E-state index in [9.17, 15) is 0 Å². The average molecular weight is 251 g/mol. The van der Waals surface area contributed by atoms with Crippen molar-refractivity contribution in [3.05, 3.63) is 30.4 Å². The van der Waals surface area contributed by atoms with E-state index in [1.165, 1.54) is 0 Å². The predicted octanol–water partition coefficient (Wildman–Crippen LogP) is 2.38. The van der Waals surface area contributed by atoms with Crippen molar-refractivity contribution in [1.29, 1.82) is 0 Å². The van der Waals surface area contributed by atoms with Crippen LogP contribution < -0.4 is 19.5 Å². The molecular weight excluding hydrogens is 230 g/mol. The van der Waals surface area contributed by atoms with Crippen molar-refractivity contribution in [2.45, 2.75) is 13.0 Å². The van der Waals surface area contributed by atoms with Gasteiger partial charge in [0.25, 0.3) is 0 Å². The summed E-state index contributed by atoms with van der Waals surface area (Å²) in [5.41, 5.74) is 1.09. The van der Waals surface area contributed by atoms with E-state index in [0.717, 1.165) is 18.5 Å². The van der Waals surface area contributed by atoms with Gasteiger partial charge in [0.2, 0.25) is 5.75 Å². The molecule has 0 aliphatic rings. The van der Waals surface area contributed by atoms with Crippen molar-refractivity contribution >= 4 is 0 Å². The molecule has 0 saturated carbocycles. The minimum Gasteiger partial charge on any atom is -0.493 e. The van der Waals surface area contributed by atoms with Crippen LogP contribution in [0.15, 0.2) is 24.8 Å². The SMILES string of the molecule is C=CCCOc1c(OC)cc(CNC)cc1OC. The van der Waals surface area contributed by atoms with E-state index >= 15 is 0 Å². The molecule has 1 rings (SSSR count). The van der Waals surface area contributed by atoms with Crippen molar-refractivity contribution in [2.75, 3.05) is 27.9 Å². The molecule has 18 heavy (non-hydrogen) atoms. The predicted molar refractivity (Wildman–Crippen MR) is 72.6 cm³/mol. The van der Waals surface area contributed by atoms with Crippen molar-refractivity contribution in [2.24, 2.45) is 0 Å². The highest BCUT2D eigenvalue weighted by Crippen LogP contribution is 2.38. The normalized spacial score (nSPS) is 9.94. The number of rotatable bonds is 8. The van der Waals surface area contributed by atoms with Crippen molar-refractivity contribution < 1.29 is 14.2 Å². The van der Waals surface area contributed by atoms with Crippen LogP contribution in [0.2, 0.25) is 0 Å². The Kier molecular flexibility index (Phi) is 6.08. The van der Waals surface area contributed by atoms with Crippen LogP contribution in [0.4, 0.5) is 0 Å². The van der Waals surface area contributed by atoms with Gasteiger partial charge in [-0.1, -0.05) is 6.08 Å². The largest absolute Gasteiger partial charge is 0.493 e. The van der Waals surface area contributed by atoms with E-state index in [4.69, 9.17) is 14.2 Å². The van der Waals surface area contributed by atoms with Crippen LogP contribution in [0.25, 0.3) is 0 Å². The lowest BCUT2D eigenvalue weighted by atomic mass is 10.2. The molecule has 1 aromatic rings. The molecule has 0 amide bonds. The number of ether oxygens (including phenoxy) is 3. The van der Waals surface area contributed by atoms with Gasteiger partial charge in [0.05, 0.1) is 20.8 Å². The Morgan fingerprint density at radius 2 is 1.83 bits per heavy atom. The molecule has 0 aliphatic carbocycles. The zero-order chi connectivity index (χ0) is 13.4. The van der Waals surface area contributed by atoms with Crippen LogP contribution in [0.3, 0.4) is 0 Å². The first-order chi connectivity index (χ1) is 8.76. The maximum Gasteiger partial charge on any atom is 0.203 e. The van der Waals surface area contributed by atoms with Gasteiger partial charge in [-0.2, -0.15) is 0 Å². The third kappa shape index (κ3) is 3.67. The van der Waals surface area contributed by atoms with Crippen molar-refractivity contribution in [1.82, 2.24) is 5.32 Å². The lowest BCUT2D eigenvalue weighted by Gasteiger charge is -2.15. The summed E-state index contributed by atoms with van der Waals surface area (Å²) in [6.45, 7) is 4.97. The summed E-state index contributed by atoms with van der Waals surface area (Å²) < 4.78 is 16.4. The Hall–Kier alpha value is -1.68. The van der Waals surface area contributed by atoms with Gasteiger partial charge in [-0.15, -0.1) is 6.58 Å². The Morgan fingerprint density at radius 3 is 2.28 bits per heavy atom. The molecule has 4 heteroatoms. The molecule has 0 radical (unpaired) electrons. The van der Waals surface area contributed by atoms with Gasteiger partial charge >= 0.3 is 0 Å². The van der Waals surface area contributed by atoms with Gasteiger partial charge in [0.15, 0.2) is 11.5 Å². The summed E-state index contributed by atoms with van der Waals surface area (Å²) >= 11 is 0. The maximum atomic E-state index is 5.68. The van der Waals surface area contributed by atoms with E-state index in [-0.39, 0.29) is 0 Å². The number of methoxy groups -OCH3 is 2. The molecule has 0 heterocycles. The molecule has 0 atom stereocenters. The fourth-order valence-corrected chi connectivity index (χ4v) is 1.63. The highest BCUT2D eigenvalue weighted by atomic mass is 16.5. The zero-order valence-corrected chi connectivity index (χ0v) is 11.3. The van der Waals surface area contributed by atoms with Crippen LogP contribution >= 0.6 is 0 Å². The fraction of sp³-hybridized carbons (Fsp3) is 0.429. The molecule has 100 valence electrons. The van der Waals surface area contributed by atoms with E-state index in [1.54, 1.807) is 14.2 Å². The molecule has 0 aromatic heterocycles. The van der Waals surface area contributed by atoms with Gasteiger partial charge < -0.3 is 19.5 Å². The molecule has 0 bridgehead atoms. The fourth-order valence-electron chi connectivity index (χ4n) is 1.63. The molecule has 0 saturated heterocycles. The van der Waals surface area contributed by atoms with Crippen molar-refractivity contribution in [3.8, 4) is 17.2 Å². The smallest absolute Gasteiger partial charge is 0.203 e. The number of benzene rings is 1. The quantitative estimate of drug-likeness (QED) is 0.569. The molecule has 0 unspecified atom stereocenters. The maximum absolute atomic E-state index is 5.68. The number of hydrogen-bond donors (Lipinski definition) is 1. The number of hydrogen-bond acceptors (Lipinski definition) is 4. The summed E-state index contributed by atoms with van der Waals surface area (Å²) in [6, 6.07) is 3.89. The third-order valence-corrected chi connectivity index (χ3v) is 2.47. The highest BCUT2D eigenvalue weighted by molar-refractivity contribution is 5.53. The Labute approximate surface area is 109 Å². The second kappa shape index (κ2) is 7.61. The first-order valence-corrected chi connectivity index (χ1v) is 5.90. The summed E-state index contributed by atoms with van der Waals surface area (Å²) in [5, 5.41) is 3.09. The Morgan fingerprint density at radius 1 is 1.22 bits per heavy atom. The van der Waals surface area contributed by atoms with Crippen LogP contribution in [-0.2, 0) is 6.54 Å². The van der Waals surface area contributed by atoms with Crippen LogP contribution in [0.1, 0.15) is 12.0 Å². The van der Waals surface area contributed by atoms with Crippen LogP contribution in [0.5, 0.6) is 17.2 Å². The highest BCUT2D eigenvalue weighted by Gasteiger charge is 2.13. The van der Waals surface area contributed by atoms with Crippen LogP contribution in [0, 0.1) is 0 Å². The Bertz CT molecular complexity index is 366. The summed E-state index contributed by atoms with van der Waals surface area (Å²) in [7, 11) is 5.14. The van der Waals surface area contributed by atoms with Gasteiger partial charge in [0.1, 0.15) is 0 Å².